The van der Waals surface area contributed by atoms with Gasteiger partial charge in [-0.15, -0.1) is 0 Å². The van der Waals surface area contributed by atoms with E-state index in [9.17, 15) is 0 Å². The molecule has 7 rings (SSSR count). The summed E-state index contributed by atoms with van der Waals surface area (Å²) < 4.78 is 47.2. The van der Waals surface area contributed by atoms with E-state index in [0.29, 0.717) is 37.7 Å². The molecule has 0 spiro atoms. The maximum absolute atomic E-state index is 7.49. The van der Waals surface area contributed by atoms with Crippen molar-refractivity contribution in [1.29, 1.82) is 0 Å². The topological polar surface area (TPSA) is 64.6 Å². The average molecular weight is 819 g/mol. The van der Waals surface area contributed by atoms with Crippen LogP contribution in [-0.4, -0.2) is 54.2 Å². The number of hydrogen-bond donors (Lipinski definition) is 0. The van der Waals surface area contributed by atoms with Gasteiger partial charge in [0.2, 0.25) is 16.3 Å². The van der Waals surface area contributed by atoms with Crippen LogP contribution >= 0.6 is 11.6 Å². The second-order valence-corrected chi connectivity index (χ2v) is 17.1. The summed E-state index contributed by atoms with van der Waals surface area (Å²) in [6.07, 6.45) is -0.559. The molecule has 2 aliphatic rings. The Kier molecular flexibility index (Phi) is 13.6. The first-order chi connectivity index (χ1) is 28.0. The molecule has 0 N–H and O–H groups in total. The Hall–Kier alpha value is -3.83. The maximum Gasteiger partial charge on any atom is 0.247 e. The van der Waals surface area contributed by atoms with Crippen LogP contribution < -0.4 is 4.74 Å². The van der Waals surface area contributed by atoms with Crippen molar-refractivity contribution in [2.24, 2.45) is 5.41 Å². The van der Waals surface area contributed by atoms with Crippen LogP contribution in [0.5, 0.6) is 5.75 Å². The Morgan fingerprint density at radius 1 is 0.707 bits per heavy atom. The SMILES string of the molecule is CO[C@@]1(c2ccc(Cl)c(Cc3ccc4c(c3)CCO4)c2)O[C@H](CC(C)(C)C(C)(C)O[Si])[C@@H](OCc2ccccc2)[C@H](OCc2ccccc2)[C@H]1OCc1ccccc1. The van der Waals surface area contributed by atoms with Gasteiger partial charge in [-0.25, -0.2) is 0 Å². The quantitative estimate of drug-likeness (QED) is 0.0866. The predicted molar refractivity (Wildman–Crippen MR) is 228 cm³/mol. The summed E-state index contributed by atoms with van der Waals surface area (Å²) in [7, 11) is 5.07. The molecule has 0 aliphatic carbocycles. The molecule has 0 saturated carbocycles. The second-order valence-electron chi connectivity index (χ2n) is 16.5. The van der Waals surface area contributed by atoms with E-state index in [-0.39, 0.29) is 6.61 Å². The molecule has 1 fully saturated rings. The van der Waals surface area contributed by atoms with Crippen LogP contribution in [0.4, 0.5) is 0 Å². The Morgan fingerprint density at radius 2 is 1.29 bits per heavy atom. The van der Waals surface area contributed by atoms with Gasteiger partial charge in [-0.05, 0) is 83.7 Å². The molecule has 0 bridgehead atoms. The summed E-state index contributed by atoms with van der Waals surface area (Å²) in [4.78, 5) is 0. The third kappa shape index (κ3) is 9.46. The van der Waals surface area contributed by atoms with Gasteiger partial charge in [0.25, 0.3) is 0 Å². The van der Waals surface area contributed by atoms with Crippen LogP contribution in [0.2, 0.25) is 5.02 Å². The van der Waals surface area contributed by atoms with E-state index in [0.717, 1.165) is 45.6 Å². The van der Waals surface area contributed by atoms with E-state index in [4.69, 9.17) is 44.4 Å². The van der Waals surface area contributed by atoms with Crippen LogP contribution in [0.25, 0.3) is 0 Å². The molecular formula is C49H54ClO7Si. The highest BCUT2D eigenvalue weighted by Crippen LogP contribution is 2.49. The van der Waals surface area contributed by atoms with Crippen molar-refractivity contribution in [3.05, 3.63) is 171 Å². The first-order valence-electron chi connectivity index (χ1n) is 20.1. The maximum atomic E-state index is 7.49. The number of rotatable bonds is 17. The van der Waals surface area contributed by atoms with E-state index in [1.807, 2.05) is 66.7 Å². The van der Waals surface area contributed by atoms with Crippen molar-refractivity contribution in [3.63, 3.8) is 0 Å². The first kappa shape index (κ1) is 42.3. The van der Waals surface area contributed by atoms with Gasteiger partial charge in [-0.2, -0.15) is 0 Å². The zero-order valence-corrected chi connectivity index (χ0v) is 35.9. The predicted octanol–water partition coefficient (Wildman–Crippen LogP) is 10.1. The minimum atomic E-state index is -1.45. The molecule has 5 atom stereocenters. The minimum Gasteiger partial charge on any atom is -0.493 e. The van der Waals surface area contributed by atoms with E-state index >= 15 is 0 Å². The van der Waals surface area contributed by atoms with Crippen LogP contribution in [0.3, 0.4) is 0 Å². The molecule has 58 heavy (non-hydrogen) atoms. The molecule has 0 aromatic heterocycles. The number of fused-ring (bicyclic) bond motifs is 1. The highest BCUT2D eigenvalue weighted by Gasteiger charge is 2.59. The van der Waals surface area contributed by atoms with E-state index < -0.39 is 41.2 Å². The van der Waals surface area contributed by atoms with Crippen molar-refractivity contribution in [1.82, 2.24) is 0 Å². The van der Waals surface area contributed by atoms with Crippen LogP contribution in [0.15, 0.2) is 127 Å². The molecule has 5 aromatic rings. The normalized spacial score (nSPS) is 22.1. The third-order valence-electron chi connectivity index (χ3n) is 12.0. The summed E-state index contributed by atoms with van der Waals surface area (Å²) >= 11 is 7.02. The van der Waals surface area contributed by atoms with E-state index in [1.165, 1.54) is 5.56 Å². The molecule has 9 heteroatoms. The molecule has 3 radical (unpaired) electrons. The zero-order chi connectivity index (χ0) is 40.8. The molecule has 0 amide bonds. The molecule has 5 aromatic carbocycles. The molecular weight excluding hydrogens is 764 g/mol. The lowest BCUT2D eigenvalue weighted by Gasteiger charge is -2.54. The van der Waals surface area contributed by atoms with E-state index in [2.05, 4.69) is 98.8 Å². The fourth-order valence-electron chi connectivity index (χ4n) is 7.90. The molecule has 2 heterocycles. The standard InChI is InChI=1S/C49H54ClO7Si/c1-47(2,48(3,4)57-58)30-43-44(53-31-34-15-9-6-10-16-34)45(54-32-35-17-11-7-12-18-35)46(55-33-36-19-13-8-14-20-36)49(51-5,56-43)40-22-23-41(50)39(29-40)28-37-21-24-42-38(27-37)25-26-52-42/h6-24,27,29,43-46H,25-26,28,30-33H2,1-5H3/t43-,44-,45+,46-,49+/m1/s1. The minimum absolute atomic E-state index is 0.286. The van der Waals surface area contributed by atoms with Crippen molar-refractivity contribution >= 4 is 22.1 Å². The van der Waals surface area contributed by atoms with Gasteiger partial charge in [0, 0.05) is 24.1 Å². The lowest BCUT2D eigenvalue weighted by molar-refractivity contribution is -0.385. The van der Waals surface area contributed by atoms with Crippen molar-refractivity contribution in [2.45, 2.75) is 103 Å². The van der Waals surface area contributed by atoms with E-state index in [1.54, 1.807) is 7.11 Å². The largest absolute Gasteiger partial charge is 0.493 e. The summed E-state index contributed by atoms with van der Waals surface area (Å²) in [5, 5.41) is 0.652. The van der Waals surface area contributed by atoms with Gasteiger partial charge < -0.3 is 32.8 Å². The number of methoxy groups -OCH3 is 1. The van der Waals surface area contributed by atoms with Crippen molar-refractivity contribution in [2.75, 3.05) is 13.7 Å². The fraction of sp³-hybridized carbons (Fsp3) is 0.388. The number of hydrogen-bond acceptors (Lipinski definition) is 7. The zero-order valence-electron chi connectivity index (χ0n) is 34.1. The Bertz CT molecular complexity index is 2080. The highest BCUT2D eigenvalue weighted by atomic mass is 35.5. The smallest absolute Gasteiger partial charge is 0.247 e. The summed E-state index contributed by atoms with van der Waals surface area (Å²) in [5.41, 5.74) is 6.11. The molecule has 2 aliphatic heterocycles. The number of ether oxygens (including phenoxy) is 6. The molecule has 1 saturated heterocycles. The lowest BCUT2D eigenvalue weighted by Crippen LogP contribution is -2.66. The van der Waals surface area contributed by atoms with Gasteiger partial charge in [-0.3, -0.25) is 0 Å². The summed E-state index contributed by atoms with van der Waals surface area (Å²) in [6, 6.07) is 42.9. The van der Waals surface area contributed by atoms with Crippen LogP contribution in [-0.2, 0) is 66.6 Å². The number of benzene rings is 5. The highest BCUT2D eigenvalue weighted by molar-refractivity contribution is 6.31. The van der Waals surface area contributed by atoms with Crippen LogP contribution in [0, 0.1) is 5.41 Å². The first-order valence-corrected chi connectivity index (χ1v) is 20.9. The Morgan fingerprint density at radius 3 is 1.88 bits per heavy atom. The van der Waals surface area contributed by atoms with Gasteiger partial charge in [-0.1, -0.05) is 135 Å². The summed E-state index contributed by atoms with van der Waals surface area (Å²) in [6.45, 7) is 10.1. The number of halogens is 1. The summed E-state index contributed by atoms with van der Waals surface area (Å²) in [5.74, 6) is -0.503. The lowest BCUT2D eigenvalue weighted by atomic mass is 9.71. The van der Waals surface area contributed by atoms with Crippen LogP contribution in [0.1, 0.15) is 73.1 Å². The van der Waals surface area contributed by atoms with Crippen molar-refractivity contribution < 1.29 is 32.8 Å². The molecule has 0 unspecified atom stereocenters. The molecule has 7 nitrogen and oxygen atoms in total. The van der Waals surface area contributed by atoms with Gasteiger partial charge in [0.05, 0.1) is 38.1 Å². The third-order valence-corrected chi connectivity index (χ3v) is 12.9. The fourth-order valence-corrected chi connectivity index (χ4v) is 8.36. The Balaban J connectivity index is 1.36. The second kappa shape index (κ2) is 18.6. The van der Waals surface area contributed by atoms with Gasteiger partial charge in [0.15, 0.2) is 0 Å². The molecule has 303 valence electrons. The van der Waals surface area contributed by atoms with Crippen molar-refractivity contribution in [3.8, 4) is 5.75 Å². The Labute approximate surface area is 352 Å². The van der Waals surface area contributed by atoms with Gasteiger partial charge >= 0.3 is 0 Å². The van der Waals surface area contributed by atoms with Gasteiger partial charge in [0.1, 0.15) is 24.1 Å². The monoisotopic (exact) mass is 817 g/mol. The average Bonchev–Trinajstić information content (AvgIpc) is 3.71.